The van der Waals surface area contributed by atoms with Crippen molar-refractivity contribution in [1.82, 2.24) is 15.5 Å². The first kappa shape index (κ1) is 10.5. The Hall–Kier alpha value is -1.62. The summed E-state index contributed by atoms with van der Waals surface area (Å²) < 4.78 is 0. The first-order chi connectivity index (χ1) is 8.22. The molecule has 4 nitrogen and oxygen atoms in total. The van der Waals surface area contributed by atoms with E-state index in [9.17, 15) is 4.79 Å². The number of hydrogen-bond acceptors (Lipinski definition) is 3. The molecule has 0 unspecified atom stereocenters. The highest BCUT2D eigenvalue weighted by molar-refractivity contribution is 7.17. The molecule has 3 rings (SSSR count). The number of nitrogens with zero attached hydrogens (tertiary/aromatic N) is 1. The molecule has 0 aliphatic heterocycles. The van der Waals surface area contributed by atoms with Crippen LogP contribution in [0.3, 0.4) is 0 Å². The fourth-order valence-electron chi connectivity index (χ4n) is 1.63. The van der Waals surface area contributed by atoms with Crippen LogP contribution < -0.4 is 5.32 Å². The van der Waals surface area contributed by atoms with Gasteiger partial charge < -0.3 is 5.32 Å². The van der Waals surface area contributed by atoms with Crippen LogP contribution in [0.4, 0.5) is 0 Å². The molecular formula is C12H13N3OS. The van der Waals surface area contributed by atoms with Crippen LogP contribution in [0.25, 0.3) is 10.6 Å². The third kappa shape index (κ3) is 2.24. The Balaban J connectivity index is 1.79. The molecule has 5 heteroatoms. The van der Waals surface area contributed by atoms with Gasteiger partial charge in [0.25, 0.3) is 5.91 Å². The van der Waals surface area contributed by atoms with E-state index < -0.39 is 0 Å². The maximum Gasteiger partial charge on any atom is 0.261 e. The van der Waals surface area contributed by atoms with Gasteiger partial charge in [0, 0.05) is 11.7 Å². The predicted molar refractivity (Wildman–Crippen MR) is 67.1 cm³/mol. The van der Waals surface area contributed by atoms with Gasteiger partial charge in [0.2, 0.25) is 0 Å². The van der Waals surface area contributed by atoms with Gasteiger partial charge >= 0.3 is 0 Å². The zero-order valence-electron chi connectivity index (χ0n) is 9.49. The predicted octanol–water partition coefficient (Wildman–Crippen LogP) is 2.34. The van der Waals surface area contributed by atoms with Crippen molar-refractivity contribution in [2.45, 2.75) is 25.8 Å². The van der Waals surface area contributed by atoms with Gasteiger partial charge in [-0.15, -0.1) is 11.3 Å². The zero-order valence-corrected chi connectivity index (χ0v) is 10.3. The van der Waals surface area contributed by atoms with E-state index in [1.807, 2.05) is 25.1 Å². The normalized spacial score (nSPS) is 14.9. The molecule has 0 aromatic carbocycles. The van der Waals surface area contributed by atoms with Gasteiger partial charge in [-0.3, -0.25) is 9.89 Å². The number of H-pyrrole nitrogens is 1. The molecule has 1 aliphatic rings. The molecule has 0 atom stereocenters. The minimum absolute atomic E-state index is 0.0380. The molecule has 2 aromatic heterocycles. The topological polar surface area (TPSA) is 57.8 Å². The van der Waals surface area contributed by atoms with Gasteiger partial charge in [0.15, 0.2) is 0 Å². The van der Waals surface area contributed by atoms with Crippen LogP contribution in [-0.2, 0) is 0 Å². The Morgan fingerprint density at radius 3 is 3.00 bits per heavy atom. The molecular weight excluding hydrogens is 234 g/mol. The Bertz CT molecular complexity index is 554. The van der Waals surface area contributed by atoms with E-state index in [0.29, 0.717) is 6.04 Å². The molecule has 0 radical (unpaired) electrons. The van der Waals surface area contributed by atoms with Crippen molar-refractivity contribution in [1.29, 1.82) is 0 Å². The summed E-state index contributed by atoms with van der Waals surface area (Å²) in [6.45, 7) is 1.96. The zero-order chi connectivity index (χ0) is 11.8. The lowest BCUT2D eigenvalue weighted by molar-refractivity contribution is 0.0955. The summed E-state index contributed by atoms with van der Waals surface area (Å²) >= 11 is 1.48. The number of nitrogens with one attached hydrogen (secondary N) is 2. The number of rotatable bonds is 3. The Labute approximate surface area is 103 Å². The standard InChI is InChI=1S/C12H13N3OS/c1-7-6-9(15-14-7)10-4-5-11(17-10)12(16)13-8-2-3-8/h4-6,8H,2-3H2,1H3,(H,13,16)(H,14,15). The summed E-state index contributed by atoms with van der Waals surface area (Å²) in [6, 6.07) is 6.19. The lowest BCUT2D eigenvalue weighted by Gasteiger charge is -1.98. The Kier molecular flexibility index (Phi) is 2.48. The number of carbonyl (C=O) groups excluding carboxylic acids is 1. The molecule has 1 aliphatic carbocycles. The minimum atomic E-state index is 0.0380. The summed E-state index contributed by atoms with van der Waals surface area (Å²) in [6.07, 6.45) is 2.23. The number of thiophene rings is 1. The van der Waals surface area contributed by atoms with E-state index in [1.54, 1.807) is 0 Å². The molecule has 2 N–H and O–H groups in total. The van der Waals surface area contributed by atoms with Gasteiger partial charge in [0.05, 0.1) is 9.75 Å². The van der Waals surface area contributed by atoms with Crippen LogP contribution in [-0.4, -0.2) is 22.1 Å². The number of hydrogen-bond donors (Lipinski definition) is 2. The second kappa shape index (κ2) is 4.00. The third-order valence-corrected chi connectivity index (χ3v) is 3.81. The van der Waals surface area contributed by atoms with E-state index in [4.69, 9.17) is 0 Å². The van der Waals surface area contributed by atoms with E-state index in [-0.39, 0.29) is 5.91 Å². The van der Waals surface area contributed by atoms with Crippen LogP contribution in [0, 0.1) is 6.92 Å². The van der Waals surface area contributed by atoms with Crippen LogP contribution in [0.1, 0.15) is 28.2 Å². The molecule has 1 amide bonds. The molecule has 2 aromatic rings. The fraction of sp³-hybridized carbons (Fsp3) is 0.333. The Morgan fingerprint density at radius 2 is 2.35 bits per heavy atom. The van der Waals surface area contributed by atoms with E-state index >= 15 is 0 Å². The van der Waals surface area contributed by atoms with Gasteiger partial charge in [-0.25, -0.2) is 0 Å². The molecule has 1 saturated carbocycles. The second-order valence-electron chi connectivity index (χ2n) is 4.35. The average molecular weight is 247 g/mol. The fourth-order valence-corrected chi connectivity index (χ4v) is 2.50. The maximum absolute atomic E-state index is 11.8. The van der Waals surface area contributed by atoms with Crippen LogP contribution in [0.15, 0.2) is 18.2 Å². The van der Waals surface area contributed by atoms with Crippen molar-refractivity contribution >= 4 is 17.2 Å². The summed E-state index contributed by atoms with van der Waals surface area (Å²) in [5.74, 6) is 0.0380. The first-order valence-corrected chi connectivity index (χ1v) is 6.47. The largest absolute Gasteiger partial charge is 0.349 e. The lowest BCUT2D eigenvalue weighted by atomic mass is 10.3. The third-order valence-electron chi connectivity index (χ3n) is 2.70. The molecule has 2 heterocycles. The highest BCUT2D eigenvalue weighted by Gasteiger charge is 2.24. The molecule has 88 valence electrons. The first-order valence-electron chi connectivity index (χ1n) is 5.65. The van der Waals surface area contributed by atoms with Gasteiger partial charge in [-0.2, -0.15) is 5.10 Å². The van der Waals surface area contributed by atoms with E-state index in [1.165, 1.54) is 11.3 Å². The quantitative estimate of drug-likeness (QED) is 0.874. The monoisotopic (exact) mass is 247 g/mol. The van der Waals surface area contributed by atoms with Crippen molar-refractivity contribution in [3.8, 4) is 10.6 Å². The van der Waals surface area contributed by atoms with Crippen molar-refractivity contribution < 1.29 is 4.79 Å². The maximum atomic E-state index is 11.8. The number of amides is 1. The van der Waals surface area contributed by atoms with Crippen LogP contribution in [0.2, 0.25) is 0 Å². The van der Waals surface area contributed by atoms with Crippen LogP contribution >= 0.6 is 11.3 Å². The van der Waals surface area contributed by atoms with E-state index in [2.05, 4.69) is 15.5 Å². The minimum Gasteiger partial charge on any atom is -0.349 e. The second-order valence-corrected chi connectivity index (χ2v) is 5.43. The number of aromatic amines is 1. The summed E-state index contributed by atoms with van der Waals surface area (Å²) in [5.41, 5.74) is 1.93. The average Bonchev–Trinajstić information content (AvgIpc) is 2.81. The highest BCUT2D eigenvalue weighted by atomic mass is 32.1. The van der Waals surface area contributed by atoms with Gasteiger partial charge in [0.1, 0.15) is 5.69 Å². The summed E-state index contributed by atoms with van der Waals surface area (Å²) in [7, 11) is 0. The molecule has 0 spiro atoms. The number of aryl methyl sites for hydroxylation is 1. The van der Waals surface area contributed by atoms with Gasteiger partial charge in [-0.05, 0) is 38.0 Å². The molecule has 0 bridgehead atoms. The SMILES string of the molecule is Cc1cc(-c2ccc(C(=O)NC3CC3)s2)n[nH]1. The number of carbonyl (C=O) groups is 1. The van der Waals surface area contributed by atoms with Crippen LogP contribution in [0.5, 0.6) is 0 Å². The smallest absolute Gasteiger partial charge is 0.261 e. The molecule has 1 fully saturated rings. The summed E-state index contributed by atoms with van der Waals surface area (Å²) in [4.78, 5) is 13.6. The van der Waals surface area contributed by atoms with E-state index in [0.717, 1.165) is 34.0 Å². The molecule has 17 heavy (non-hydrogen) atoms. The number of aromatic nitrogens is 2. The van der Waals surface area contributed by atoms with Gasteiger partial charge in [-0.1, -0.05) is 0 Å². The van der Waals surface area contributed by atoms with Crippen molar-refractivity contribution in [2.24, 2.45) is 0 Å². The Morgan fingerprint density at radius 1 is 1.53 bits per heavy atom. The lowest BCUT2D eigenvalue weighted by Crippen LogP contribution is -2.24. The summed E-state index contributed by atoms with van der Waals surface area (Å²) in [5, 5.41) is 10.1. The molecule has 0 saturated heterocycles. The highest BCUT2D eigenvalue weighted by Crippen LogP contribution is 2.28. The van der Waals surface area contributed by atoms with Crippen molar-refractivity contribution in [3.05, 3.63) is 28.8 Å². The van der Waals surface area contributed by atoms with Crippen molar-refractivity contribution in [3.63, 3.8) is 0 Å². The van der Waals surface area contributed by atoms with Crippen molar-refractivity contribution in [2.75, 3.05) is 0 Å².